The van der Waals surface area contributed by atoms with Gasteiger partial charge in [-0.2, -0.15) is 5.11 Å². The molecule has 1 aliphatic carbocycles. The number of Topliss-reactive ketones (excluding diaryl/α,β-unsaturated/α-hetero) is 2. The summed E-state index contributed by atoms with van der Waals surface area (Å²) in [5, 5.41) is 12.4. The zero-order valence-corrected chi connectivity index (χ0v) is 19.6. The van der Waals surface area contributed by atoms with Gasteiger partial charge in [0, 0.05) is 46.5 Å². The lowest BCUT2D eigenvalue weighted by Gasteiger charge is -2.33. The summed E-state index contributed by atoms with van der Waals surface area (Å²) in [6.07, 6.45) is 1.02. The van der Waals surface area contributed by atoms with Gasteiger partial charge in [-0.05, 0) is 46.5 Å². The van der Waals surface area contributed by atoms with Crippen molar-refractivity contribution in [2.24, 2.45) is 15.4 Å². The number of ketones is 2. The molecule has 0 spiro atoms. The average Bonchev–Trinajstić information content (AvgIpc) is 3.48. The number of allylic oxidation sites excluding steroid dienone is 2. The summed E-state index contributed by atoms with van der Waals surface area (Å²) in [5.74, 6) is -0.746. The molecule has 7 nitrogen and oxygen atoms in total. The summed E-state index contributed by atoms with van der Waals surface area (Å²) in [5.41, 5.74) is 4.43. The van der Waals surface area contributed by atoms with Crippen molar-refractivity contribution in [1.29, 1.82) is 0 Å². The predicted octanol–water partition coefficient (Wildman–Crippen LogP) is 4.91. The lowest BCUT2D eigenvalue weighted by atomic mass is 9.83. The third kappa shape index (κ3) is 4.33. The Bertz CT molecular complexity index is 1300. The van der Waals surface area contributed by atoms with Crippen molar-refractivity contribution in [3.63, 3.8) is 0 Å². The number of carbonyl (C=O) groups is 3. The Morgan fingerprint density at radius 1 is 1.06 bits per heavy atom. The SMILES string of the molecule is O=C(Cc1ccc(C2=NN=NC2)cc1)CN1C(=O)CC(c2cc(Cl)ccc2Cl)C2=C1CCC2=O. The molecular formula is C25H20Cl2N4O3. The average molecular weight is 495 g/mol. The topological polar surface area (TPSA) is 91.5 Å². The van der Waals surface area contributed by atoms with E-state index >= 15 is 0 Å². The molecule has 9 heteroatoms. The molecule has 0 radical (unpaired) electrons. The normalized spacial score (nSPS) is 19.6. The minimum Gasteiger partial charge on any atom is -0.308 e. The van der Waals surface area contributed by atoms with E-state index in [-0.39, 0.29) is 36.9 Å². The van der Waals surface area contributed by atoms with E-state index in [1.54, 1.807) is 18.2 Å². The fraction of sp³-hybridized carbons (Fsp3) is 0.280. The highest BCUT2D eigenvalue weighted by atomic mass is 35.5. The van der Waals surface area contributed by atoms with Gasteiger partial charge in [0.05, 0.1) is 12.3 Å². The zero-order chi connectivity index (χ0) is 23.8. The summed E-state index contributed by atoms with van der Waals surface area (Å²) in [6, 6.07) is 12.6. The first kappa shape index (κ1) is 22.6. The summed E-state index contributed by atoms with van der Waals surface area (Å²) in [6.45, 7) is 0.389. The third-order valence-corrected chi connectivity index (χ3v) is 6.94. The second-order valence-corrected chi connectivity index (χ2v) is 9.38. The van der Waals surface area contributed by atoms with Crippen LogP contribution in [0.1, 0.15) is 41.9 Å². The Kier molecular flexibility index (Phi) is 6.15. The van der Waals surface area contributed by atoms with Crippen molar-refractivity contribution < 1.29 is 14.4 Å². The van der Waals surface area contributed by atoms with E-state index in [0.717, 1.165) is 16.8 Å². The Labute approximate surface area is 206 Å². The summed E-state index contributed by atoms with van der Waals surface area (Å²) >= 11 is 12.5. The maximum atomic E-state index is 13.1. The van der Waals surface area contributed by atoms with E-state index in [9.17, 15) is 14.4 Å². The Balaban J connectivity index is 1.35. The van der Waals surface area contributed by atoms with E-state index in [1.165, 1.54) is 4.90 Å². The molecule has 34 heavy (non-hydrogen) atoms. The van der Waals surface area contributed by atoms with Gasteiger partial charge in [0.1, 0.15) is 6.54 Å². The van der Waals surface area contributed by atoms with E-state index in [0.29, 0.717) is 46.3 Å². The molecule has 1 amide bonds. The number of benzene rings is 2. The highest BCUT2D eigenvalue weighted by Crippen LogP contribution is 2.45. The van der Waals surface area contributed by atoms with Crippen LogP contribution in [0.2, 0.25) is 10.0 Å². The van der Waals surface area contributed by atoms with Crippen LogP contribution in [-0.2, 0) is 20.8 Å². The van der Waals surface area contributed by atoms with Crippen LogP contribution in [0.25, 0.3) is 0 Å². The molecule has 1 unspecified atom stereocenters. The van der Waals surface area contributed by atoms with Crippen molar-refractivity contribution >= 4 is 46.4 Å². The zero-order valence-electron chi connectivity index (χ0n) is 18.1. The lowest BCUT2D eigenvalue weighted by Crippen LogP contribution is -2.40. The van der Waals surface area contributed by atoms with Crippen molar-refractivity contribution in [3.8, 4) is 0 Å². The Morgan fingerprint density at radius 3 is 2.59 bits per heavy atom. The van der Waals surface area contributed by atoms with Gasteiger partial charge in [-0.3, -0.25) is 14.4 Å². The van der Waals surface area contributed by atoms with Gasteiger partial charge in [-0.25, -0.2) is 0 Å². The molecule has 2 aromatic rings. The van der Waals surface area contributed by atoms with Crippen LogP contribution in [-0.4, -0.2) is 41.2 Å². The summed E-state index contributed by atoms with van der Waals surface area (Å²) < 4.78 is 0. The van der Waals surface area contributed by atoms with Gasteiger partial charge in [-0.1, -0.05) is 47.5 Å². The third-order valence-electron chi connectivity index (χ3n) is 6.36. The van der Waals surface area contributed by atoms with Gasteiger partial charge in [0.25, 0.3) is 0 Å². The first-order chi connectivity index (χ1) is 16.4. The molecule has 1 atom stereocenters. The van der Waals surface area contributed by atoms with Crippen LogP contribution >= 0.6 is 23.2 Å². The maximum Gasteiger partial charge on any atom is 0.228 e. The van der Waals surface area contributed by atoms with E-state index in [4.69, 9.17) is 23.2 Å². The van der Waals surface area contributed by atoms with Crippen LogP contribution < -0.4 is 0 Å². The number of hydrogen-bond acceptors (Lipinski definition) is 6. The lowest BCUT2D eigenvalue weighted by molar-refractivity contribution is -0.134. The summed E-state index contributed by atoms with van der Waals surface area (Å²) in [7, 11) is 0. The fourth-order valence-corrected chi connectivity index (χ4v) is 5.18. The van der Waals surface area contributed by atoms with Crippen molar-refractivity contribution in [1.82, 2.24) is 4.90 Å². The molecule has 2 aliphatic heterocycles. The molecule has 5 rings (SSSR count). The standard InChI is InChI=1S/C25H20Cl2N4O3/c26-16-5-6-20(27)18(10-16)19-11-24(34)31(22-7-8-23(33)25(19)22)13-17(32)9-14-1-3-15(4-2-14)21-12-28-30-29-21/h1-6,10,19H,7-9,11-13H2. The molecule has 0 N–H and O–H groups in total. The molecule has 0 saturated heterocycles. The smallest absolute Gasteiger partial charge is 0.228 e. The van der Waals surface area contributed by atoms with Crippen molar-refractivity contribution in [2.45, 2.75) is 31.6 Å². The molecule has 172 valence electrons. The van der Waals surface area contributed by atoms with Crippen LogP contribution in [0.3, 0.4) is 0 Å². The molecule has 2 aromatic carbocycles. The maximum absolute atomic E-state index is 13.1. The van der Waals surface area contributed by atoms with Crippen LogP contribution in [0.4, 0.5) is 0 Å². The van der Waals surface area contributed by atoms with E-state index < -0.39 is 5.92 Å². The molecule has 3 aliphatic rings. The number of hydrogen-bond donors (Lipinski definition) is 0. The van der Waals surface area contributed by atoms with Gasteiger partial charge in [0.2, 0.25) is 5.91 Å². The first-order valence-corrected chi connectivity index (χ1v) is 11.7. The fourth-order valence-electron chi connectivity index (χ4n) is 4.75. The second kappa shape index (κ2) is 9.24. The van der Waals surface area contributed by atoms with Crippen LogP contribution in [0, 0.1) is 0 Å². The number of amides is 1. The van der Waals surface area contributed by atoms with Crippen molar-refractivity contribution in [3.05, 3.63) is 80.5 Å². The predicted molar refractivity (Wildman–Crippen MR) is 128 cm³/mol. The molecule has 0 aromatic heterocycles. The Hall–Kier alpha value is -3.16. The monoisotopic (exact) mass is 494 g/mol. The molecule has 0 fully saturated rings. The minimum absolute atomic E-state index is 0.00937. The van der Waals surface area contributed by atoms with Gasteiger partial charge in [0.15, 0.2) is 11.6 Å². The number of rotatable bonds is 6. The van der Waals surface area contributed by atoms with Crippen LogP contribution in [0.15, 0.2) is 69.2 Å². The van der Waals surface area contributed by atoms with Gasteiger partial charge in [-0.15, -0.1) is 5.10 Å². The first-order valence-electron chi connectivity index (χ1n) is 11.0. The number of carbonyl (C=O) groups excluding carboxylic acids is 3. The Morgan fingerprint density at radius 2 is 1.85 bits per heavy atom. The highest BCUT2D eigenvalue weighted by molar-refractivity contribution is 6.33. The number of nitrogens with zero attached hydrogens (tertiary/aromatic N) is 4. The van der Waals surface area contributed by atoms with E-state index in [2.05, 4.69) is 15.4 Å². The number of halogens is 2. The summed E-state index contributed by atoms with van der Waals surface area (Å²) in [4.78, 5) is 40.3. The molecule has 0 saturated carbocycles. The largest absolute Gasteiger partial charge is 0.308 e. The molecular weight excluding hydrogens is 475 g/mol. The van der Waals surface area contributed by atoms with Gasteiger partial charge >= 0.3 is 0 Å². The minimum atomic E-state index is -0.445. The highest BCUT2D eigenvalue weighted by Gasteiger charge is 2.41. The second-order valence-electron chi connectivity index (χ2n) is 8.53. The molecule has 2 heterocycles. The quantitative estimate of drug-likeness (QED) is 0.570. The molecule has 0 bridgehead atoms. The van der Waals surface area contributed by atoms with Gasteiger partial charge < -0.3 is 4.90 Å². The van der Waals surface area contributed by atoms with Crippen molar-refractivity contribution in [2.75, 3.05) is 13.1 Å². The van der Waals surface area contributed by atoms with Crippen LogP contribution in [0.5, 0.6) is 0 Å². The van der Waals surface area contributed by atoms with E-state index in [1.807, 2.05) is 24.3 Å².